The van der Waals surface area contributed by atoms with E-state index in [4.69, 9.17) is 10.2 Å². The van der Waals surface area contributed by atoms with Crippen LogP contribution in [-0.2, 0) is 4.79 Å². The van der Waals surface area contributed by atoms with Crippen LogP contribution in [0, 0.1) is 6.92 Å². The van der Waals surface area contributed by atoms with Gasteiger partial charge in [-0.15, -0.1) is 5.10 Å². The number of thioether (sulfide) groups is 1. The molecule has 1 aromatic heterocycles. The van der Waals surface area contributed by atoms with E-state index < -0.39 is 0 Å². The van der Waals surface area contributed by atoms with E-state index in [1.807, 2.05) is 6.92 Å². The number of carbonyl (C=O) groups excluding carboxylic acids is 1. The lowest BCUT2D eigenvalue weighted by Crippen LogP contribution is -2.23. The predicted molar refractivity (Wildman–Crippen MR) is 63.3 cm³/mol. The summed E-state index contributed by atoms with van der Waals surface area (Å²) in [5.74, 6) is 1.38. The Morgan fingerprint density at radius 1 is 1.62 bits per heavy atom. The van der Waals surface area contributed by atoms with Crippen LogP contribution in [0.3, 0.4) is 0 Å². The summed E-state index contributed by atoms with van der Waals surface area (Å²) < 4.78 is 5.01. The normalized spacial score (nSPS) is 12.4. The van der Waals surface area contributed by atoms with Crippen molar-refractivity contribution >= 4 is 23.7 Å². The van der Waals surface area contributed by atoms with Gasteiger partial charge >= 0.3 is 6.01 Å². The van der Waals surface area contributed by atoms with Gasteiger partial charge in [0.15, 0.2) is 0 Å². The zero-order valence-corrected chi connectivity index (χ0v) is 10.2. The number of nitrogens with zero attached hydrogens (tertiary/aromatic N) is 2. The topological polar surface area (TPSA) is 94.0 Å². The highest BCUT2D eigenvalue weighted by molar-refractivity contribution is 8.00. The number of carbonyl (C=O) groups is 1. The Kier molecular flexibility index (Phi) is 5.27. The minimum absolute atomic E-state index is 0.142. The van der Waals surface area contributed by atoms with Gasteiger partial charge in [0.2, 0.25) is 11.8 Å². The molecule has 1 heterocycles. The summed E-state index contributed by atoms with van der Waals surface area (Å²) in [7, 11) is 0. The highest BCUT2D eigenvalue weighted by Crippen LogP contribution is 2.07. The number of amides is 1. The van der Waals surface area contributed by atoms with Crippen molar-refractivity contribution in [3.63, 3.8) is 0 Å². The van der Waals surface area contributed by atoms with E-state index in [1.165, 1.54) is 11.8 Å². The standard InChI is InChI=1S/C9H16N4O2S/c1-3-7(10)4-16-5-8(14)11-9-13-12-6(2)15-9/h7H,3-5,10H2,1-2H3,(H,11,13,14). The second kappa shape index (κ2) is 6.49. The van der Waals surface area contributed by atoms with Gasteiger partial charge in [-0.25, -0.2) is 0 Å². The lowest BCUT2D eigenvalue weighted by molar-refractivity contribution is -0.113. The molecule has 0 aromatic carbocycles. The Morgan fingerprint density at radius 3 is 2.94 bits per heavy atom. The van der Waals surface area contributed by atoms with Gasteiger partial charge in [-0.2, -0.15) is 11.8 Å². The molecule has 0 saturated carbocycles. The van der Waals surface area contributed by atoms with Crippen molar-refractivity contribution in [1.29, 1.82) is 0 Å². The maximum atomic E-state index is 11.4. The predicted octanol–water partition coefficient (Wildman–Crippen LogP) is 0.787. The Morgan fingerprint density at radius 2 is 2.38 bits per heavy atom. The first-order valence-electron chi connectivity index (χ1n) is 5.05. The zero-order chi connectivity index (χ0) is 12.0. The number of anilines is 1. The monoisotopic (exact) mass is 244 g/mol. The number of aromatic nitrogens is 2. The number of hydrogen-bond acceptors (Lipinski definition) is 6. The van der Waals surface area contributed by atoms with Crippen LogP contribution >= 0.6 is 11.8 Å². The Bertz CT molecular complexity index is 342. The molecule has 1 aromatic rings. The molecule has 0 aliphatic carbocycles. The maximum Gasteiger partial charge on any atom is 0.322 e. The van der Waals surface area contributed by atoms with Crippen LogP contribution in [0.1, 0.15) is 19.2 Å². The molecule has 16 heavy (non-hydrogen) atoms. The Balaban J connectivity index is 2.21. The average Bonchev–Trinajstić information content (AvgIpc) is 2.63. The van der Waals surface area contributed by atoms with Crippen molar-refractivity contribution in [2.75, 3.05) is 16.8 Å². The van der Waals surface area contributed by atoms with Crippen molar-refractivity contribution in [2.45, 2.75) is 26.3 Å². The van der Waals surface area contributed by atoms with Crippen molar-refractivity contribution in [3.8, 4) is 0 Å². The van der Waals surface area contributed by atoms with Crippen LogP contribution in [0.5, 0.6) is 0 Å². The van der Waals surface area contributed by atoms with Crippen LogP contribution in [0.15, 0.2) is 4.42 Å². The van der Waals surface area contributed by atoms with E-state index in [1.54, 1.807) is 6.92 Å². The van der Waals surface area contributed by atoms with E-state index in [9.17, 15) is 4.79 Å². The molecular weight excluding hydrogens is 228 g/mol. The van der Waals surface area contributed by atoms with Gasteiger partial charge in [0.25, 0.3) is 0 Å². The maximum absolute atomic E-state index is 11.4. The van der Waals surface area contributed by atoms with E-state index >= 15 is 0 Å². The van der Waals surface area contributed by atoms with Gasteiger partial charge in [-0.1, -0.05) is 12.0 Å². The molecule has 0 aliphatic heterocycles. The summed E-state index contributed by atoms with van der Waals surface area (Å²) in [6.45, 7) is 3.68. The van der Waals surface area contributed by atoms with Gasteiger partial charge in [-0.05, 0) is 6.42 Å². The van der Waals surface area contributed by atoms with Gasteiger partial charge in [0, 0.05) is 18.7 Å². The first-order chi connectivity index (χ1) is 7.61. The molecule has 3 N–H and O–H groups in total. The number of nitrogens with one attached hydrogen (secondary N) is 1. The third-order valence-corrected chi connectivity index (χ3v) is 2.99. The molecule has 1 amide bonds. The average molecular weight is 244 g/mol. The van der Waals surface area contributed by atoms with E-state index in [0.717, 1.165) is 12.2 Å². The quantitative estimate of drug-likeness (QED) is 0.768. The first-order valence-corrected chi connectivity index (χ1v) is 6.20. The van der Waals surface area contributed by atoms with Crippen LogP contribution in [-0.4, -0.2) is 33.7 Å². The largest absolute Gasteiger partial charge is 0.408 e. The van der Waals surface area contributed by atoms with Crippen molar-refractivity contribution in [3.05, 3.63) is 5.89 Å². The molecule has 1 atom stereocenters. The highest BCUT2D eigenvalue weighted by atomic mass is 32.2. The molecule has 0 bridgehead atoms. The van der Waals surface area contributed by atoms with E-state index in [2.05, 4.69) is 15.5 Å². The second-order valence-electron chi connectivity index (χ2n) is 3.36. The number of hydrogen-bond donors (Lipinski definition) is 2. The zero-order valence-electron chi connectivity index (χ0n) is 9.40. The molecule has 7 heteroatoms. The van der Waals surface area contributed by atoms with E-state index in [0.29, 0.717) is 11.6 Å². The molecule has 1 unspecified atom stereocenters. The van der Waals surface area contributed by atoms with Crippen LogP contribution in [0.2, 0.25) is 0 Å². The summed E-state index contributed by atoms with van der Waals surface area (Å²) in [5.41, 5.74) is 5.72. The van der Waals surface area contributed by atoms with Gasteiger partial charge in [0.05, 0.1) is 5.75 Å². The Labute approximate surface area is 98.4 Å². The van der Waals surface area contributed by atoms with Crippen molar-refractivity contribution < 1.29 is 9.21 Å². The third kappa shape index (κ3) is 4.63. The molecular formula is C9H16N4O2S. The number of rotatable bonds is 6. The summed E-state index contributed by atoms with van der Waals surface area (Å²) in [4.78, 5) is 11.4. The van der Waals surface area contributed by atoms with Crippen LogP contribution in [0.4, 0.5) is 6.01 Å². The van der Waals surface area contributed by atoms with Crippen LogP contribution in [0.25, 0.3) is 0 Å². The lowest BCUT2D eigenvalue weighted by Gasteiger charge is -2.06. The molecule has 0 fully saturated rings. The number of aryl methyl sites for hydroxylation is 1. The molecule has 0 radical (unpaired) electrons. The summed E-state index contributed by atoms with van der Waals surface area (Å²) in [5, 5.41) is 9.78. The van der Waals surface area contributed by atoms with Crippen LogP contribution < -0.4 is 11.1 Å². The van der Waals surface area contributed by atoms with Crippen molar-refractivity contribution in [2.24, 2.45) is 5.73 Å². The summed E-state index contributed by atoms with van der Waals surface area (Å²) >= 11 is 1.49. The van der Waals surface area contributed by atoms with Crippen molar-refractivity contribution in [1.82, 2.24) is 10.2 Å². The fourth-order valence-electron chi connectivity index (χ4n) is 0.923. The summed E-state index contributed by atoms with van der Waals surface area (Å²) in [6.07, 6.45) is 0.914. The molecule has 90 valence electrons. The molecule has 0 saturated heterocycles. The SMILES string of the molecule is CCC(N)CSCC(=O)Nc1nnc(C)o1. The molecule has 6 nitrogen and oxygen atoms in total. The lowest BCUT2D eigenvalue weighted by atomic mass is 10.3. The third-order valence-electron chi connectivity index (χ3n) is 1.86. The fraction of sp³-hybridized carbons (Fsp3) is 0.667. The number of nitrogens with two attached hydrogens (primary N) is 1. The van der Waals surface area contributed by atoms with Gasteiger partial charge < -0.3 is 10.2 Å². The fourth-order valence-corrected chi connectivity index (χ4v) is 1.84. The molecule has 1 rings (SSSR count). The highest BCUT2D eigenvalue weighted by Gasteiger charge is 2.08. The smallest absolute Gasteiger partial charge is 0.322 e. The first kappa shape index (κ1) is 13.0. The second-order valence-corrected chi connectivity index (χ2v) is 4.39. The van der Waals surface area contributed by atoms with Gasteiger partial charge in [-0.3, -0.25) is 10.1 Å². The molecule has 0 aliphatic rings. The van der Waals surface area contributed by atoms with Gasteiger partial charge in [0.1, 0.15) is 0 Å². The summed E-state index contributed by atoms with van der Waals surface area (Å²) in [6, 6.07) is 0.284. The molecule has 0 spiro atoms. The Hall–Kier alpha value is -1.08. The van der Waals surface area contributed by atoms with E-state index in [-0.39, 0.29) is 18.0 Å². The minimum atomic E-state index is -0.156. The minimum Gasteiger partial charge on any atom is -0.408 e.